The van der Waals surface area contributed by atoms with Crippen LogP contribution in [0.2, 0.25) is 0 Å². The zero-order chi connectivity index (χ0) is 43.2. The molecule has 4 aromatic carbocycles. The third-order valence-corrected chi connectivity index (χ3v) is 11.4. The number of ether oxygens (including phenoxy) is 2. The van der Waals surface area contributed by atoms with Crippen LogP contribution in [0.1, 0.15) is 42.5 Å². The molecule has 0 atom stereocenters. The lowest BCUT2D eigenvalue weighted by Gasteiger charge is -2.20. The van der Waals surface area contributed by atoms with Crippen molar-refractivity contribution in [2.75, 3.05) is 68.6 Å². The fraction of sp³-hybridized carbons (Fsp3) is 0.317. The molecule has 2 aliphatic heterocycles. The van der Waals surface area contributed by atoms with Crippen molar-refractivity contribution in [2.24, 2.45) is 19.0 Å². The number of phenolic OH excluding ortho intramolecular Hbond substituents is 2. The van der Waals surface area contributed by atoms with Crippen LogP contribution in [0.5, 0.6) is 23.0 Å². The van der Waals surface area contributed by atoms with Gasteiger partial charge in [-0.05, 0) is 120 Å². The van der Waals surface area contributed by atoms with E-state index in [9.17, 15) is 27.0 Å². The summed E-state index contributed by atoms with van der Waals surface area (Å²) >= 11 is 5.60. The third kappa shape index (κ3) is 15.0. The van der Waals surface area contributed by atoms with E-state index in [1.165, 1.54) is 26.4 Å². The minimum atomic E-state index is -3.73. The van der Waals surface area contributed by atoms with Crippen molar-refractivity contribution in [1.82, 2.24) is 20.2 Å². The van der Waals surface area contributed by atoms with Gasteiger partial charge < -0.3 is 34.9 Å². The summed E-state index contributed by atoms with van der Waals surface area (Å²) in [6.07, 6.45) is 5.11. The van der Waals surface area contributed by atoms with E-state index in [0.717, 1.165) is 38.0 Å². The van der Waals surface area contributed by atoms with E-state index < -0.39 is 20.0 Å². The number of benzene rings is 4. The Morgan fingerprint density at radius 2 is 1.20 bits per heavy atom. The molecule has 0 unspecified atom stereocenters. The van der Waals surface area contributed by atoms with Gasteiger partial charge in [0.15, 0.2) is 34.0 Å². The van der Waals surface area contributed by atoms with Gasteiger partial charge in [-0.2, -0.15) is 27.0 Å². The maximum atomic E-state index is 12.4. The standard InChI is InChI=1S/C20H24N4O4S.C13H21N3O2.C7H4ClNO2S.CH4.ClH/c1-23(2)11-6-12-24(21-14-15-9-10-17(25)18(13-15)28-3)20-16-7-4-5-8-19(16)29(26,27)22-20;1-16(2)8-4-7-14-15-10-11-5-6-12(17)13(9-11)18-3;8-7-5-3-1-2-4-6(5)12(10,11)9-7;;/h4-5,7-10,13-14,25H,6,11-12H2,1-3H3;5-6,9-10,14,17H,4,7-8H2,1-3H3;1-4H;1H4;1H/b21-14+;15-10+;;;. The van der Waals surface area contributed by atoms with E-state index in [1.807, 2.05) is 33.1 Å². The van der Waals surface area contributed by atoms with Gasteiger partial charge in [-0.25, -0.2) is 5.01 Å². The summed E-state index contributed by atoms with van der Waals surface area (Å²) in [6.45, 7) is 3.19. The largest absolute Gasteiger partial charge is 0.504 e. The molecule has 0 amide bonds. The van der Waals surface area contributed by atoms with Crippen LogP contribution in [0.4, 0.5) is 0 Å². The van der Waals surface area contributed by atoms with E-state index in [4.69, 9.17) is 21.1 Å². The van der Waals surface area contributed by atoms with Crippen LogP contribution in [0, 0.1) is 0 Å². The van der Waals surface area contributed by atoms with E-state index in [2.05, 4.69) is 29.3 Å². The molecule has 61 heavy (non-hydrogen) atoms. The molecule has 0 saturated carbocycles. The Bertz CT molecular complexity index is 2410. The highest BCUT2D eigenvalue weighted by atomic mass is 35.5. The zero-order valence-corrected chi connectivity index (χ0v) is 37.3. The molecule has 0 radical (unpaired) electrons. The number of hydrogen-bond acceptors (Lipinski definition) is 14. The average Bonchev–Trinajstić information content (AvgIpc) is 3.62. The first-order valence-corrected chi connectivity index (χ1v) is 21.5. The number of sulfonamides is 2. The van der Waals surface area contributed by atoms with Crippen LogP contribution in [0.15, 0.2) is 114 Å². The number of aromatic hydroxyl groups is 2. The normalized spacial score (nSPS) is 14.0. The molecule has 2 aliphatic rings. The lowest BCUT2D eigenvalue weighted by molar-refractivity contribution is 0.356. The Labute approximate surface area is 370 Å². The number of fused-ring (bicyclic) bond motifs is 2. The maximum Gasteiger partial charge on any atom is 0.285 e. The Hall–Kier alpha value is -5.24. The van der Waals surface area contributed by atoms with E-state index in [-0.39, 0.29) is 46.3 Å². The molecule has 0 fully saturated rings. The highest BCUT2D eigenvalue weighted by Crippen LogP contribution is 2.30. The molecule has 2 heterocycles. The smallest absolute Gasteiger partial charge is 0.285 e. The number of nitrogens with zero attached hydrogens (tertiary/aromatic N) is 7. The SMILES string of the molecule is C.COc1cc(/C=N/N(CCCN(C)C)C2=NS(=O)(=O)c3ccccc32)ccc1O.COc1cc(/C=N/NCCCN(C)C)ccc1O.Cl.O=S1(=O)N=C(Cl)c2ccccc21. The number of phenols is 2. The summed E-state index contributed by atoms with van der Waals surface area (Å²) in [5, 5.41) is 29.5. The minimum absolute atomic E-state index is 0. The predicted octanol–water partition coefficient (Wildman–Crippen LogP) is 5.85. The van der Waals surface area contributed by atoms with Crippen LogP contribution in [0.3, 0.4) is 0 Å². The summed E-state index contributed by atoms with van der Waals surface area (Å²) < 4.78 is 64.7. The summed E-state index contributed by atoms with van der Waals surface area (Å²) in [4.78, 5) is 4.56. The second kappa shape index (κ2) is 24.3. The zero-order valence-electron chi connectivity index (χ0n) is 34.1. The van der Waals surface area contributed by atoms with Gasteiger partial charge in [0.25, 0.3) is 20.0 Å². The van der Waals surface area contributed by atoms with Crippen LogP contribution < -0.4 is 14.9 Å². The van der Waals surface area contributed by atoms with Gasteiger partial charge in [-0.1, -0.05) is 49.4 Å². The van der Waals surface area contributed by atoms with Crippen molar-refractivity contribution in [2.45, 2.75) is 30.1 Å². The number of halogens is 2. The first kappa shape index (κ1) is 51.9. The summed E-state index contributed by atoms with van der Waals surface area (Å²) in [6, 6.07) is 23.2. The summed E-state index contributed by atoms with van der Waals surface area (Å²) in [5.74, 6) is 1.26. The topological polar surface area (TPSA) is 198 Å². The van der Waals surface area contributed by atoms with Crippen molar-refractivity contribution in [3.63, 3.8) is 0 Å². The molecular formula is C41H54Cl2N8O8S2. The number of hydrazone groups is 2. The van der Waals surface area contributed by atoms with Crippen molar-refractivity contribution in [3.05, 3.63) is 107 Å². The summed E-state index contributed by atoms with van der Waals surface area (Å²) in [5.41, 5.74) is 5.59. The molecule has 6 rings (SSSR count). The lowest BCUT2D eigenvalue weighted by Crippen LogP contribution is -2.29. The summed E-state index contributed by atoms with van der Waals surface area (Å²) in [7, 11) is 3.81. The van der Waals surface area contributed by atoms with Crippen molar-refractivity contribution >= 4 is 67.5 Å². The number of hydrogen-bond donors (Lipinski definition) is 3. The van der Waals surface area contributed by atoms with Crippen LogP contribution >= 0.6 is 24.0 Å². The predicted molar refractivity (Wildman–Crippen MR) is 246 cm³/mol. The van der Waals surface area contributed by atoms with E-state index in [0.29, 0.717) is 40.6 Å². The van der Waals surface area contributed by atoms with Crippen LogP contribution in [0.25, 0.3) is 0 Å². The molecule has 16 nitrogen and oxygen atoms in total. The molecule has 0 saturated heterocycles. The average molecular weight is 922 g/mol. The third-order valence-electron chi connectivity index (χ3n) is 8.37. The molecule has 20 heteroatoms. The van der Waals surface area contributed by atoms with Crippen molar-refractivity contribution in [3.8, 4) is 23.0 Å². The number of nitrogens with one attached hydrogen (secondary N) is 1. The highest BCUT2D eigenvalue weighted by molar-refractivity contribution is 7.91. The monoisotopic (exact) mass is 920 g/mol. The molecule has 0 aliphatic carbocycles. The van der Waals surface area contributed by atoms with Gasteiger partial charge in [-0.15, -0.1) is 21.2 Å². The molecule has 0 aromatic heterocycles. The molecular weight excluding hydrogens is 868 g/mol. The Kier molecular flexibility index (Phi) is 20.6. The quantitative estimate of drug-likeness (QED) is 0.0777. The highest BCUT2D eigenvalue weighted by Gasteiger charge is 2.31. The number of methoxy groups -OCH3 is 2. The van der Waals surface area contributed by atoms with Gasteiger partial charge in [-0.3, -0.25) is 0 Å². The fourth-order valence-corrected chi connectivity index (χ4v) is 8.24. The number of rotatable bonds is 14. The van der Waals surface area contributed by atoms with Crippen LogP contribution in [-0.4, -0.2) is 134 Å². The first-order chi connectivity index (χ1) is 28.1. The van der Waals surface area contributed by atoms with Crippen molar-refractivity contribution in [1.29, 1.82) is 0 Å². The van der Waals surface area contributed by atoms with Gasteiger partial charge in [0.2, 0.25) is 0 Å². The Balaban J connectivity index is 0.000000342. The van der Waals surface area contributed by atoms with E-state index in [1.54, 1.807) is 90.2 Å². The van der Waals surface area contributed by atoms with E-state index >= 15 is 0 Å². The number of amidine groups is 1. The molecule has 0 bridgehead atoms. The molecule has 332 valence electrons. The van der Waals surface area contributed by atoms with Crippen LogP contribution in [-0.2, 0) is 20.0 Å². The minimum Gasteiger partial charge on any atom is -0.504 e. The maximum absolute atomic E-state index is 12.4. The first-order valence-electron chi connectivity index (χ1n) is 18.2. The Morgan fingerprint density at radius 1 is 0.705 bits per heavy atom. The van der Waals surface area contributed by atoms with Crippen molar-refractivity contribution < 1.29 is 36.5 Å². The molecule has 4 aromatic rings. The molecule has 0 spiro atoms. The molecule has 3 N–H and O–H groups in total. The Morgan fingerprint density at radius 3 is 1.74 bits per heavy atom. The second-order valence-electron chi connectivity index (χ2n) is 13.4. The van der Waals surface area contributed by atoms with Gasteiger partial charge in [0, 0.05) is 24.2 Å². The van der Waals surface area contributed by atoms with Gasteiger partial charge in [0.1, 0.15) is 4.90 Å². The van der Waals surface area contributed by atoms with Gasteiger partial charge >= 0.3 is 0 Å². The second-order valence-corrected chi connectivity index (χ2v) is 17.0. The lowest BCUT2D eigenvalue weighted by atomic mass is 10.2. The van der Waals surface area contributed by atoms with Gasteiger partial charge in [0.05, 0.1) is 31.5 Å². The fourth-order valence-electron chi connectivity index (χ4n) is 5.44.